The minimum atomic E-state index is -1.24. The number of rotatable bonds is 7. The minimum Gasteiger partial charge on any atom is -0.478 e. The molecule has 1 aliphatic rings. The summed E-state index contributed by atoms with van der Waals surface area (Å²) in [6, 6.07) is 11.7. The number of nitro benzene ring substituents is 1. The standard InChI is InChI=1S/C20H15N3O7S/c24-17(9-10-19(26)27)21-12-1-7-15(8-2-12)31-16-11-18(25)22(20(16)28)13-3-5-14(6-4-13)23(29)30/h1-10,16H,11H2,(H,21,24)(H,26,27)/b10-9+. The van der Waals surface area contributed by atoms with Crippen LogP contribution in [-0.4, -0.2) is 39.0 Å². The van der Waals surface area contributed by atoms with Crippen molar-refractivity contribution in [3.8, 4) is 0 Å². The highest BCUT2D eigenvalue weighted by atomic mass is 32.2. The normalized spacial score (nSPS) is 16.0. The van der Waals surface area contributed by atoms with E-state index in [2.05, 4.69) is 5.32 Å². The third kappa shape index (κ3) is 5.34. The van der Waals surface area contributed by atoms with Gasteiger partial charge in [0, 0.05) is 41.3 Å². The highest BCUT2D eigenvalue weighted by molar-refractivity contribution is 8.00. The molecule has 0 bridgehead atoms. The molecule has 1 fully saturated rings. The Kier molecular flexibility index (Phi) is 6.46. The van der Waals surface area contributed by atoms with Crippen LogP contribution in [0.4, 0.5) is 17.1 Å². The van der Waals surface area contributed by atoms with E-state index < -0.39 is 33.9 Å². The lowest BCUT2D eigenvalue weighted by atomic mass is 10.2. The number of nitrogens with one attached hydrogen (secondary N) is 1. The number of hydrogen-bond acceptors (Lipinski definition) is 7. The number of non-ortho nitro benzene ring substituents is 1. The summed E-state index contributed by atoms with van der Waals surface area (Å²) >= 11 is 1.19. The number of thioether (sulfide) groups is 1. The number of carboxylic acid groups (broad SMARTS) is 1. The first-order valence-electron chi connectivity index (χ1n) is 8.84. The Bertz CT molecular complexity index is 1080. The number of anilines is 2. The number of imide groups is 1. The van der Waals surface area contributed by atoms with Gasteiger partial charge in [-0.25, -0.2) is 9.69 Å². The van der Waals surface area contributed by atoms with Gasteiger partial charge < -0.3 is 10.4 Å². The molecule has 1 aliphatic heterocycles. The van der Waals surface area contributed by atoms with E-state index in [0.29, 0.717) is 10.6 Å². The molecule has 31 heavy (non-hydrogen) atoms. The van der Waals surface area contributed by atoms with Crippen LogP contribution in [0.15, 0.2) is 65.6 Å². The van der Waals surface area contributed by atoms with Crippen molar-refractivity contribution in [2.75, 3.05) is 10.2 Å². The summed E-state index contributed by atoms with van der Waals surface area (Å²) in [6.07, 6.45) is 1.60. The van der Waals surface area contributed by atoms with Crippen molar-refractivity contribution in [2.24, 2.45) is 0 Å². The van der Waals surface area contributed by atoms with Gasteiger partial charge in [-0.05, 0) is 36.4 Å². The molecular weight excluding hydrogens is 426 g/mol. The Morgan fingerprint density at radius 1 is 1.10 bits per heavy atom. The molecule has 2 aromatic rings. The number of carbonyl (C=O) groups excluding carboxylic acids is 3. The molecule has 11 heteroatoms. The lowest BCUT2D eigenvalue weighted by molar-refractivity contribution is -0.384. The summed E-state index contributed by atoms with van der Waals surface area (Å²) in [7, 11) is 0. The fourth-order valence-electron chi connectivity index (χ4n) is 2.80. The quantitative estimate of drug-likeness (QED) is 0.288. The summed E-state index contributed by atoms with van der Waals surface area (Å²) in [6.45, 7) is 0. The molecule has 1 heterocycles. The molecule has 0 radical (unpaired) electrons. The second kappa shape index (κ2) is 9.22. The maximum absolute atomic E-state index is 12.7. The predicted octanol–water partition coefficient (Wildman–Crippen LogP) is 2.60. The SMILES string of the molecule is O=C(O)/C=C/C(=O)Nc1ccc(SC2CC(=O)N(c3ccc([N+](=O)[O-])cc3)C2=O)cc1. The van der Waals surface area contributed by atoms with Crippen LogP contribution in [0.3, 0.4) is 0 Å². The van der Waals surface area contributed by atoms with E-state index in [-0.39, 0.29) is 17.8 Å². The number of carbonyl (C=O) groups is 4. The van der Waals surface area contributed by atoms with Gasteiger partial charge in [-0.15, -0.1) is 11.8 Å². The van der Waals surface area contributed by atoms with E-state index in [1.807, 2.05) is 0 Å². The zero-order valence-electron chi connectivity index (χ0n) is 15.8. The predicted molar refractivity (Wildman–Crippen MR) is 112 cm³/mol. The maximum Gasteiger partial charge on any atom is 0.328 e. The van der Waals surface area contributed by atoms with Crippen molar-refractivity contribution in [3.63, 3.8) is 0 Å². The topological polar surface area (TPSA) is 147 Å². The second-order valence-electron chi connectivity index (χ2n) is 6.34. The average Bonchev–Trinajstić information content (AvgIpc) is 3.01. The Morgan fingerprint density at radius 2 is 1.74 bits per heavy atom. The van der Waals surface area contributed by atoms with Gasteiger partial charge in [0.1, 0.15) is 0 Å². The highest BCUT2D eigenvalue weighted by Gasteiger charge is 2.40. The first-order chi connectivity index (χ1) is 14.7. The van der Waals surface area contributed by atoms with Gasteiger partial charge in [0.15, 0.2) is 0 Å². The first-order valence-corrected chi connectivity index (χ1v) is 9.72. The summed E-state index contributed by atoms with van der Waals surface area (Å²) in [4.78, 5) is 59.0. The monoisotopic (exact) mass is 441 g/mol. The smallest absolute Gasteiger partial charge is 0.328 e. The summed E-state index contributed by atoms with van der Waals surface area (Å²) in [5, 5.41) is 21.1. The van der Waals surface area contributed by atoms with E-state index in [0.717, 1.165) is 17.1 Å². The van der Waals surface area contributed by atoms with Gasteiger partial charge in [0.2, 0.25) is 17.7 Å². The zero-order chi connectivity index (χ0) is 22.5. The molecule has 3 rings (SSSR count). The number of nitro groups is 1. The van der Waals surface area contributed by atoms with Crippen molar-refractivity contribution in [1.82, 2.24) is 0 Å². The molecule has 0 aliphatic carbocycles. The van der Waals surface area contributed by atoms with Crippen molar-refractivity contribution < 1.29 is 29.2 Å². The van der Waals surface area contributed by atoms with E-state index in [1.165, 1.54) is 36.0 Å². The van der Waals surface area contributed by atoms with Crippen molar-refractivity contribution in [3.05, 3.63) is 70.8 Å². The molecular formula is C20H15N3O7S. The van der Waals surface area contributed by atoms with Crippen LogP contribution in [-0.2, 0) is 19.2 Å². The van der Waals surface area contributed by atoms with Crippen LogP contribution in [0.25, 0.3) is 0 Å². The van der Waals surface area contributed by atoms with Crippen LogP contribution >= 0.6 is 11.8 Å². The van der Waals surface area contributed by atoms with Gasteiger partial charge >= 0.3 is 5.97 Å². The van der Waals surface area contributed by atoms with Gasteiger partial charge in [0.25, 0.3) is 5.69 Å². The molecule has 10 nitrogen and oxygen atoms in total. The van der Waals surface area contributed by atoms with E-state index in [4.69, 9.17) is 5.11 Å². The molecule has 1 saturated heterocycles. The van der Waals surface area contributed by atoms with E-state index in [1.54, 1.807) is 24.3 Å². The molecule has 3 amide bonds. The number of benzene rings is 2. The van der Waals surface area contributed by atoms with Crippen molar-refractivity contribution >= 4 is 52.5 Å². The Labute approximate surface area is 179 Å². The lowest BCUT2D eigenvalue weighted by Crippen LogP contribution is -2.31. The summed E-state index contributed by atoms with van der Waals surface area (Å²) < 4.78 is 0. The number of carboxylic acids is 1. The van der Waals surface area contributed by atoms with Gasteiger partial charge in [-0.2, -0.15) is 0 Å². The Balaban J connectivity index is 1.64. The fraction of sp³-hybridized carbons (Fsp3) is 0.100. The fourth-order valence-corrected chi connectivity index (χ4v) is 3.86. The van der Waals surface area contributed by atoms with Crippen molar-refractivity contribution in [2.45, 2.75) is 16.6 Å². The maximum atomic E-state index is 12.7. The van der Waals surface area contributed by atoms with Crippen LogP contribution < -0.4 is 10.2 Å². The van der Waals surface area contributed by atoms with Crippen LogP contribution in [0.1, 0.15) is 6.42 Å². The zero-order valence-corrected chi connectivity index (χ0v) is 16.6. The average molecular weight is 441 g/mol. The second-order valence-corrected chi connectivity index (χ2v) is 7.61. The number of hydrogen-bond donors (Lipinski definition) is 2. The summed E-state index contributed by atoms with van der Waals surface area (Å²) in [5.74, 6) is -2.65. The molecule has 0 saturated carbocycles. The number of nitrogens with zero attached hydrogens (tertiary/aromatic N) is 2. The van der Waals surface area contributed by atoms with E-state index >= 15 is 0 Å². The van der Waals surface area contributed by atoms with Gasteiger partial charge in [-0.3, -0.25) is 24.5 Å². The third-order valence-electron chi connectivity index (χ3n) is 4.20. The highest BCUT2D eigenvalue weighted by Crippen LogP contribution is 2.34. The minimum absolute atomic E-state index is 0.0149. The Hall–Kier alpha value is -3.99. The molecule has 1 atom stereocenters. The van der Waals surface area contributed by atoms with Crippen LogP contribution in [0.2, 0.25) is 0 Å². The van der Waals surface area contributed by atoms with E-state index in [9.17, 15) is 29.3 Å². The molecule has 1 unspecified atom stereocenters. The largest absolute Gasteiger partial charge is 0.478 e. The first kappa shape index (κ1) is 21.7. The summed E-state index contributed by atoms with van der Waals surface area (Å²) in [5.41, 5.74) is 0.571. The van der Waals surface area contributed by atoms with Crippen molar-refractivity contribution in [1.29, 1.82) is 0 Å². The third-order valence-corrected chi connectivity index (χ3v) is 5.40. The lowest BCUT2D eigenvalue weighted by Gasteiger charge is -2.14. The molecule has 158 valence electrons. The van der Waals surface area contributed by atoms with Gasteiger partial charge in [0.05, 0.1) is 15.9 Å². The molecule has 2 aromatic carbocycles. The van der Waals surface area contributed by atoms with Gasteiger partial charge in [-0.1, -0.05) is 0 Å². The van der Waals surface area contributed by atoms with Crippen LogP contribution in [0, 0.1) is 10.1 Å². The Morgan fingerprint density at radius 3 is 2.32 bits per heavy atom. The number of amides is 3. The van der Waals surface area contributed by atoms with Crippen LogP contribution in [0.5, 0.6) is 0 Å². The molecule has 0 spiro atoms. The number of aliphatic carboxylic acids is 1. The molecule has 2 N–H and O–H groups in total. The molecule has 0 aromatic heterocycles.